The van der Waals surface area contributed by atoms with Crippen molar-refractivity contribution in [1.29, 1.82) is 0 Å². The molecule has 0 aliphatic rings. The Hall–Kier alpha value is -3.38. The van der Waals surface area contributed by atoms with Crippen LogP contribution in [0.25, 0.3) is 21.5 Å². The second-order valence-corrected chi connectivity index (χ2v) is 9.78. The van der Waals surface area contributed by atoms with Crippen molar-refractivity contribution in [3.8, 4) is 5.75 Å². The Morgan fingerprint density at radius 3 is 2.12 bits per heavy atom. The van der Waals surface area contributed by atoms with Crippen LogP contribution in [0, 0.1) is 6.92 Å². The Kier molecular flexibility index (Phi) is 5.21. The molecule has 4 aromatic rings. The maximum Gasteiger partial charge on any atom is 0.297 e. The molecule has 0 radical (unpaired) electrons. The summed E-state index contributed by atoms with van der Waals surface area (Å²) in [6, 6.07) is 15.2. The molecular formula is C21H16N2O7S2. The van der Waals surface area contributed by atoms with E-state index in [-0.39, 0.29) is 16.5 Å². The van der Waals surface area contributed by atoms with Gasteiger partial charge in [-0.15, -0.1) is 10.2 Å². The summed E-state index contributed by atoms with van der Waals surface area (Å²) >= 11 is 0. The molecule has 9 nitrogen and oxygen atoms in total. The number of hydrogen-bond acceptors (Lipinski definition) is 7. The quantitative estimate of drug-likeness (QED) is 0.281. The summed E-state index contributed by atoms with van der Waals surface area (Å²) in [4.78, 5) is -1.22. The summed E-state index contributed by atoms with van der Waals surface area (Å²) in [7, 11) is -9.56. The third-order valence-electron chi connectivity index (χ3n) is 4.96. The second-order valence-electron chi connectivity index (χ2n) is 7.03. The van der Waals surface area contributed by atoms with Crippen molar-refractivity contribution in [2.75, 3.05) is 0 Å². The minimum absolute atomic E-state index is 0.180. The van der Waals surface area contributed by atoms with E-state index in [4.69, 9.17) is 0 Å². The highest BCUT2D eigenvalue weighted by atomic mass is 32.2. The zero-order valence-corrected chi connectivity index (χ0v) is 18.1. The lowest BCUT2D eigenvalue weighted by Crippen LogP contribution is -2.00. The van der Waals surface area contributed by atoms with E-state index in [0.29, 0.717) is 16.3 Å². The van der Waals surface area contributed by atoms with E-state index in [1.165, 1.54) is 18.2 Å². The van der Waals surface area contributed by atoms with E-state index in [1.54, 1.807) is 43.3 Å². The predicted octanol–water partition coefficient (Wildman–Crippen LogP) is 4.92. The number of nitrogens with zero attached hydrogens (tertiary/aromatic N) is 2. The Bertz CT molecular complexity index is 1640. The van der Waals surface area contributed by atoms with Crippen LogP contribution in [-0.4, -0.2) is 31.0 Å². The Morgan fingerprint density at radius 2 is 1.44 bits per heavy atom. The van der Waals surface area contributed by atoms with Crippen molar-refractivity contribution in [3.63, 3.8) is 0 Å². The largest absolute Gasteiger partial charge is 0.505 e. The highest BCUT2D eigenvalue weighted by Crippen LogP contribution is 2.43. The Morgan fingerprint density at radius 1 is 0.750 bits per heavy atom. The average Bonchev–Trinajstić information content (AvgIpc) is 2.71. The van der Waals surface area contributed by atoms with Gasteiger partial charge in [0.1, 0.15) is 21.2 Å². The lowest BCUT2D eigenvalue weighted by atomic mass is 10.0. The van der Waals surface area contributed by atoms with Crippen LogP contribution < -0.4 is 0 Å². The van der Waals surface area contributed by atoms with E-state index in [1.807, 2.05) is 0 Å². The molecule has 3 N–H and O–H groups in total. The Labute approximate surface area is 183 Å². The molecule has 32 heavy (non-hydrogen) atoms. The van der Waals surface area contributed by atoms with Gasteiger partial charge in [0, 0.05) is 10.8 Å². The summed E-state index contributed by atoms with van der Waals surface area (Å²) in [5.74, 6) is -0.559. The maximum atomic E-state index is 12.1. The molecule has 0 amide bonds. The van der Waals surface area contributed by atoms with Crippen molar-refractivity contribution < 1.29 is 31.0 Å². The normalized spacial score (nSPS) is 12.7. The van der Waals surface area contributed by atoms with E-state index >= 15 is 0 Å². The number of azo groups is 1. The lowest BCUT2D eigenvalue weighted by Gasteiger charge is -2.11. The number of fused-ring (bicyclic) bond motifs is 2. The second kappa shape index (κ2) is 7.64. The summed E-state index contributed by atoms with van der Waals surface area (Å²) in [5.41, 5.74) is -0.203. The highest BCUT2D eigenvalue weighted by molar-refractivity contribution is 7.86. The fraction of sp³-hybridized carbons (Fsp3) is 0.0476. The summed E-state index contributed by atoms with van der Waals surface area (Å²) in [6.07, 6.45) is 0. The lowest BCUT2D eigenvalue weighted by molar-refractivity contribution is 0.472. The van der Waals surface area contributed by atoms with Crippen LogP contribution in [0.2, 0.25) is 0 Å². The van der Waals surface area contributed by atoms with Crippen LogP contribution in [0.3, 0.4) is 0 Å². The zero-order chi connectivity index (χ0) is 23.3. The standard InChI is InChI=1S/C21H16N2O7S2/c1-12-5-4-8-15-16(12)11-18(31(25,26)27)19(20(15)24)23-22-17-10-9-13-6-2-3-7-14(13)21(17)32(28,29)30/h2-11,24H,1H3,(H,25,26,27)(H,28,29,30). The number of phenolic OH excluding ortho intramolecular Hbond substituents is 1. The van der Waals surface area contributed by atoms with Gasteiger partial charge in [0.15, 0.2) is 5.75 Å². The number of aromatic hydroxyl groups is 1. The molecule has 0 heterocycles. The molecule has 0 aliphatic carbocycles. The first-order valence-corrected chi connectivity index (χ1v) is 12.0. The van der Waals surface area contributed by atoms with Crippen molar-refractivity contribution in [2.45, 2.75) is 16.7 Å². The van der Waals surface area contributed by atoms with Gasteiger partial charge in [-0.2, -0.15) is 16.8 Å². The van der Waals surface area contributed by atoms with E-state index in [0.717, 1.165) is 6.07 Å². The van der Waals surface area contributed by atoms with Gasteiger partial charge in [-0.1, -0.05) is 48.5 Å². The van der Waals surface area contributed by atoms with Gasteiger partial charge in [-0.25, -0.2) is 0 Å². The van der Waals surface area contributed by atoms with Crippen LogP contribution in [0.4, 0.5) is 11.4 Å². The summed E-state index contributed by atoms with van der Waals surface area (Å²) in [5, 5.41) is 19.6. The van der Waals surface area contributed by atoms with Gasteiger partial charge >= 0.3 is 0 Å². The molecule has 0 fully saturated rings. The Balaban J connectivity index is 2.02. The van der Waals surface area contributed by atoms with E-state index in [9.17, 15) is 31.0 Å². The molecule has 0 aliphatic heterocycles. The molecule has 0 atom stereocenters. The number of benzene rings is 4. The molecule has 0 saturated carbocycles. The third kappa shape index (κ3) is 3.82. The molecular weight excluding hydrogens is 456 g/mol. The maximum absolute atomic E-state index is 12.1. The first-order chi connectivity index (χ1) is 15.0. The molecule has 0 saturated heterocycles. The van der Waals surface area contributed by atoms with Gasteiger partial charge in [0.2, 0.25) is 0 Å². The molecule has 0 aromatic heterocycles. The van der Waals surface area contributed by atoms with Crippen LogP contribution in [0.1, 0.15) is 5.56 Å². The van der Waals surface area contributed by atoms with Crippen molar-refractivity contribution in [2.24, 2.45) is 10.2 Å². The third-order valence-corrected chi connectivity index (χ3v) is 6.78. The smallest absolute Gasteiger partial charge is 0.297 e. The topological polar surface area (TPSA) is 154 Å². The highest BCUT2D eigenvalue weighted by Gasteiger charge is 2.24. The first-order valence-electron chi connectivity index (χ1n) is 9.12. The van der Waals surface area contributed by atoms with E-state index < -0.39 is 41.5 Å². The van der Waals surface area contributed by atoms with Gasteiger partial charge in [-0.05, 0) is 35.4 Å². The van der Waals surface area contributed by atoms with E-state index in [2.05, 4.69) is 10.2 Å². The molecule has 164 valence electrons. The SMILES string of the molecule is Cc1cccc2c(O)c(N=Nc3ccc4ccccc4c3S(=O)(=O)O)c(S(=O)(=O)O)cc12. The summed E-state index contributed by atoms with van der Waals surface area (Å²) < 4.78 is 67.5. The molecule has 4 rings (SSSR count). The molecule has 4 aromatic carbocycles. The van der Waals surface area contributed by atoms with Gasteiger partial charge < -0.3 is 5.11 Å². The van der Waals surface area contributed by atoms with Crippen LogP contribution >= 0.6 is 0 Å². The monoisotopic (exact) mass is 472 g/mol. The van der Waals surface area contributed by atoms with Crippen LogP contribution in [0.5, 0.6) is 5.75 Å². The number of aryl methyl sites for hydroxylation is 1. The number of hydrogen-bond donors (Lipinski definition) is 3. The van der Waals surface area contributed by atoms with Crippen molar-refractivity contribution in [1.82, 2.24) is 0 Å². The van der Waals surface area contributed by atoms with Gasteiger partial charge in [-0.3, -0.25) is 9.11 Å². The fourth-order valence-corrected chi connectivity index (χ4v) is 4.99. The summed E-state index contributed by atoms with van der Waals surface area (Å²) in [6.45, 7) is 1.70. The number of rotatable bonds is 4. The molecule has 0 spiro atoms. The van der Waals surface area contributed by atoms with Crippen molar-refractivity contribution >= 4 is 53.2 Å². The minimum Gasteiger partial charge on any atom is -0.505 e. The number of phenols is 1. The average molecular weight is 473 g/mol. The molecule has 0 bridgehead atoms. The van der Waals surface area contributed by atoms with Crippen LogP contribution in [0.15, 0.2) is 80.7 Å². The van der Waals surface area contributed by atoms with Crippen LogP contribution in [-0.2, 0) is 20.2 Å². The molecule has 11 heteroatoms. The van der Waals surface area contributed by atoms with Gasteiger partial charge in [0.05, 0.1) is 0 Å². The fourth-order valence-electron chi connectivity index (χ4n) is 3.50. The first kappa shape index (κ1) is 21.8. The van der Waals surface area contributed by atoms with Gasteiger partial charge in [0.25, 0.3) is 20.2 Å². The molecule has 0 unspecified atom stereocenters. The zero-order valence-electron chi connectivity index (χ0n) is 16.5. The minimum atomic E-state index is -4.82. The van der Waals surface area contributed by atoms with Crippen molar-refractivity contribution in [3.05, 3.63) is 66.2 Å². The predicted molar refractivity (Wildman–Crippen MR) is 118 cm³/mol.